The third kappa shape index (κ3) is 1.66. The molecule has 1 saturated heterocycles. The van der Waals surface area contributed by atoms with E-state index in [2.05, 4.69) is 7.05 Å². The summed E-state index contributed by atoms with van der Waals surface area (Å²) in [7, 11) is 2.17. The van der Waals surface area contributed by atoms with Gasteiger partial charge in [0, 0.05) is 6.42 Å². The Balaban J connectivity index is 2.30. The molecule has 2 N–H and O–H groups in total. The number of hydrogen-bond donors (Lipinski definition) is 2. The Morgan fingerprint density at radius 3 is 2.78 bits per heavy atom. The molecule has 2 nitrogen and oxygen atoms in total. The number of likely N-dealkylation sites (N-methyl/N-ethyl adjacent to an activating group) is 1. The van der Waals surface area contributed by atoms with Gasteiger partial charge in [-0.1, -0.05) is 0 Å². The first kappa shape index (κ1) is 7.03. The van der Waals surface area contributed by atoms with E-state index in [1.807, 2.05) is 0 Å². The molecular weight excluding hydrogens is 114 g/mol. The topological polar surface area (TPSA) is 24.7 Å². The summed E-state index contributed by atoms with van der Waals surface area (Å²) in [4.78, 5) is 1.50. The fourth-order valence-electron chi connectivity index (χ4n) is 1.49. The van der Waals surface area contributed by atoms with Gasteiger partial charge in [0.15, 0.2) is 0 Å². The van der Waals surface area contributed by atoms with Gasteiger partial charge in [0.1, 0.15) is 6.04 Å². The van der Waals surface area contributed by atoms with E-state index < -0.39 is 0 Å². The van der Waals surface area contributed by atoms with E-state index in [0.29, 0.717) is 12.6 Å². The predicted octanol–water partition coefficient (Wildman–Crippen LogP) is -0.954. The standard InChI is InChI=1S/C7H15NO/c1-8-5-3-2-4-7(8)6-9/h7,9H,2-6H2,1H3/p+1/t7-/m1/s1. The Hall–Kier alpha value is -0.0800. The Labute approximate surface area is 56.5 Å². The van der Waals surface area contributed by atoms with Gasteiger partial charge in [-0.25, -0.2) is 0 Å². The van der Waals surface area contributed by atoms with Crippen molar-refractivity contribution in [2.24, 2.45) is 0 Å². The van der Waals surface area contributed by atoms with Gasteiger partial charge >= 0.3 is 0 Å². The maximum atomic E-state index is 8.84. The van der Waals surface area contributed by atoms with E-state index in [9.17, 15) is 0 Å². The zero-order chi connectivity index (χ0) is 6.69. The van der Waals surface area contributed by atoms with E-state index in [4.69, 9.17) is 5.11 Å². The number of quaternary nitrogens is 1. The first-order valence-electron chi connectivity index (χ1n) is 3.77. The highest BCUT2D eigenvalue weighted by Crippen LogP contribution is 2.00. The number of aliphatic hydroxyl groups is 1. The molecule has 0 radical (unpaired) electrons. The first-order valence-corrected chi connectivity index (χ1v) is 3.77. The second-order valence-corrected chi connectivity index (χ2v) is 2.97. The van der Waals surface area contributed by atoms with Crippen molar-refractivity contribution in [3.05, 3.63) is 0 Å². The van der Waals surface area contributed by atoms with Crippen LogP contribution in [0.1, 0.15) is 19.3 Å². The molecule has 1 aliphatic heterocycles. The Kier molecular flexibility index (Phi) is 2.49. The summed E-state index contributed by atoms with van der Waals surface area (Å²) in [5.41, 5.74) is 0. The van der Waals surface area contributed by atoms with Crippen LogP contribution in [0.3, 0.4) is 0 Å². The molecule has 0 aromatic heterocycles. The van der Waals surface area contributed by atoms with Crippen molar-refractivity contribution < 1.29 is 10.0 Å². The van der Waals surface area contributed by atoms with E-state index in [1.165, 1.54) is 30.7 Å². The largest absolute Gasteiger partial charge is 0.390 e. The summed E-state index contributed by atoms with van der Waals surface area (Å²) in [6.45, 7) is 1.61. The van der Waals surface area contributed by atoms with E-state index >= 15 is 0 Å². The number of nitrogens with one attached hydrogen (secondary N) is 1. The molecule has 0 aromatic carbocycles. The fourth-order valence-corrected chi connectivity index (χ4v) is 1.49. The van der Waals surface area contributed by atoms with Gasteiger partial charge in [0.25, 0.3) is 0 Å². The second kappa shape index (κ2) is 3.18. The quantitative estimate of drug-likeness (QED) is 0.470. The fraction of sp³-hybridized carbons (Fsp3) is 1.00. The maximum Gasteiger partial charge on any atom is 0.111 e. The number of piperidine rings is 1. The number of likely N-dealkylation sites (tertiary alicyclic amines) is 1. The minimum Gasteiger partial charge on any atom is -0.390 e. The van der Waals surface area contributed by atoms with Crippen LogP contribution in [0.25, 0.3) is 0 Å². The molecule has 0 amide bonds. The normalized spacial score (nSPS) is 36.7. The molecule has 0 bridgehead atoms. The highest BCUT2D eigenvalue weighted by Gasteiger charge is 2.20. The van der Waals surface area contributed by atoms with Crippen molar-refractivity contribution in [2.75, 3.05) is 20.2 Å². The molecule has 1 unspecified atom stereocenters. The minimum absolute atomic E-state index is 0.367. The summed E-state index contributed by atoms with van der Waals surface area (Å²) >= 11 is 0. The summed E-state index contributed by atoms with van der Waals surface area (Å²) in [5, 5.41) is 8.84. The number of rotatable bonds is 1. The highest BCUT2D eigenvalue weighted by molar-refractivity contribution is 4.57. The third-order valence-electron chi connectivity index (χ3n) is 2.29. The molecule has 0 aromatic rings. The van der Waals surface area contributed by atoms with E-state index in [0.717, 1.165) is 0 Å². The molecule has 1 aliphatic rings. The van der Waals surface area contributed by atoms with Crippen LogP contribution in [-0.4, -0.2) is 31.3 Å². The Bertz CT molecular complexity index is 85.0. The smallest absolute Gasteiger partial charge is 0.111 e. The average Bonchev–Trinajstić information content (AvgIpc) is 1.89. The van der Waals surface area contributed by atoms with Gasteiger partial charge < -0.3 is 10.0 Å². The highest BCUT2D eigenvalue weighted by atomic mass is 16.3. The zero-order valence-corrected chi connectivity index (χ0v) is 6.06. The van der Waals surface area contributed by atoms with Crippen molar-refractivity contribution in [2.45, 2.75) is 25.3 Å². The van der Waals surface area contributed by atoms with Crippen LogP contribution in [0.15, 0.2) is 0 Å². The van der Waals surface area contributed by atoms with E-state index in [1.54, 1.807) is 0 Å². The molecule has 1 heterocycles. The van der Waals surface area contributed by atoms with Crippen LogP contribution in [0.2, 0.25) is 0 Å². The summed E-state index contributed by atoms with van der Waals surface area (Å²) in [6, 6.07) is 0.527. The summed E-state index contributed by atoms with van der Waals surface area (Å²) < 4.78 is 0. The minimum atomic E-state index is 0.367. The van der Waals surface area contributed by atoms with Gasteiger partial charge in [0.05, 0.1) is 20.2 Å². The molecular formula is C7H16NO+. The van der Waals surface area contributed by atoms with Crippen LogP contribution in [0.5, 0.6) is 0 Å². The van der Waals surface area contributed by atoms with Crippen molar-refractivity contribution >= 4 is 0 Å². The Morgan fingerprint density at radius 2 is 2.33 bits per heavy atom. The maximum absolute atomic E-state index is 8.84. The average molecular weight is 130 g/mol. The van der Waals surface area contributed by atoms with Gasteiger partial charge in [-0.05, 0) is 12.8 Å². The van der Waals surface area contributed by atoms with Crippen molar-refractivity contribution in [3.63, 3.8) is 0 Å². The van der Waals surface area contributed by atoms with Gasteiger partial charge in [0.2, 0.25) is 0 Å². The van der Waals surface area contributed by atoms with Crippen LogP contribution >= 0.6 is 0 Å². The molecule has 2 heteroatoms. The molecule has 0 saturated carbocycles. The SMILES string of the molecule is C[NH+]1CCCC[C@@H]1CO. The van der Waals surface area contributed by atoms with Crippen molar-refractivity contribution in [3.8, 4) is 0 Å². The van der Waals surface area contributed by atoms with Crippen LogP contribution in [0, 0.1) is 0 Å². The third-order valence-corrected chi connectivity index (χ3v) is 2.29. The monoisotopic (exact) mass is 130 g/mol. The number of aliphatic hydroxyl groups excluding tert-OH is 1. The molecule has 0 spiro atoms. The molecule has 0 aliphatic carbocycles. The van der Waals surface area contributed by atoms with Gasteiger partial charge in [-0.2, -0.15) is 0 Å². The van der Waals surface area contributed by atoms with Crippen molar-refractivity contribution in [1.29, 1.82) is 0 Å². The van der Waals surface area contributed by atoms with Crippen LogP contribution in [0.4, 0.5) is 0 Å². The lowest BCUT2D eigenvalue weighted by Gasteiger charge is -2.27. The molecule has 9 heavy (non-hydrogen) atoms. The predicted molar refractivity (Wildman–Crippen MR) is 36.5 cm³/mol. The van der Waals surface area contributed by atoms with Gasteiger partial charge in [-0.15, -0.1) is 0 Å². The molecule has 54 valence electrons. The lowest BCUT2D eigenvalue weighted by atomic mass is 10.0. The molecule has 1 rings (SSSR count). The molecule has 1 fully saturated rings. The first-order chi connectivity index (χ1) is 4.34. The van der Waals surface area contributed by atoms with E-state index in [-0.39, 0.29) is 0 Å². The lowest BCUT2D eigenvalue weighted by Crippen LogP contribution is -3.14. The zero-order valence-electron chi connectivity index (χ0n) is 6.06. The van der Waals surface area contributed by atoms with Crippen LogP contribution in [-0.2, 0) is 0 Å². The lowest BCUT2D eigenvalue weighted by molar-refractivity contribution is -0.911. The Morgan fingerprint density at radius 1 is 1.56 bits per heavy atom. The summed E-state index contributed by atoms with van der Waals surface area (Å²) in [6.07, 6.45) is 3.85. The van der Waals surface area contributed by atoms with Crippen LogP contribution < -0.4 is 4.90 Å². The molecule has 2 atom stereocenters. The number of hydrogen-bond acceptors (Lipinski definition) is 1. The van der Waals surface area contributed by atoms with Gasteiger partial charge in [-0.3, -0.25) is 0 Å². The summed E-state index contributed by atoms with van der Waals surface area (Å²) in [5.74, 6) is 0. The second-order valence-electron chi connectivity index (χ2n) is 2.97. The van der Waals surface area contributed by atoms with Crippen molar-refractivity contribution in [1.82, 2.24) is 0 Å².